The Morgan fingerprint density at radius 3 is 1.65 bits per heavy atom. The van der Waals surface area contributed by atoms with E-state index in [9.17, 15) is 0 Å². The molecule has 0 atom stereocenters. The van der Waals surface area contributed by atoms with Gasteiger partial charge in [0.05, 0.1) is 11.2 Å². The molecule has 1 saturated heterocycles. The molecular weight excluding hydrogens is 343 g/mol. The second kappa shape index (κ2) is 12.1. The van der Waals surface area contributed by atoms with Crippen molar-refractivity contribution in [3.8, 4) is 0 Å². The molecule has 4 heteroatoms. The van der Waals surface area contributed by atoms with Crippen LogP contribution in [-0.4, -0.2) is 23.7 Å². The minimum absolute atomic E-state index is 0. The lowest BCUT2D eigenvalue weighted by atomic mass is 9.79. The van der Waals surface area contributed by atoms with Crippen LogP contribution < -0.4 is 5.46 Å². The van der Waals surface area contributed by atoms with Gasteiger partial charge in [0.1, 0.15) is 0 Å². The van der Waals surface area contributed by atoms with E-state index >= 15 is 0 Å². The molecule has 1 saturated carbocycles. The fourth-order valence-electron chi connectivity index (χ4n) is 2.82. The van der Waals surface area contributed by atoms with Gasteiger partial charge in [-0.15, -0.1) is 11.6 Å². The van der Waals surface area contributed by atoms with Crippen LogP contribution in [0.1, 0.15) is 88.5 Å². The first-order valence-corrected chi connectivity index (χ1v) is 9.30. The van der Waals surface area contributed by atoms with E-state index in [0.717, 1.165) is 5.46 Å². The maximum absolute atomic E-state index is 5.93. The summed E-state index contributed by atoms with van der Waals surface area (Å²) in [6, 6.07) is 10.1. The summed E-state index contributed by atoms with van der Waals surface area (Å²) in [4.78, 5) is 0. The summed E-state index contributed by atoms with van der Waals surface area (Å²) < 4.78 is 11.9. The normalized spacial score (nSPS) is 21.0. The summed E-state index contributed by atoms with van der Waals surface area (Å²) >= 11 is 5.92. The first kappa shape index (κ1) is 27.7. The molecule has 2 fully saturated rings. The molecule has 0 unspecified atom stereocenters. The Hall–Kier alpha value is -0.505. The summed E-state index contributed by atoms with van der Waals surface area (Å²) in [5, 5.41) is 0.498. The van der Waals surface area contributed by atoms with Gasteiger partial charge in [-0.05, 0) is 46.0 Å². The van der Waals surface area contributed by atoms with E-state index in [-0.39, 0.29) is 40.6 Å². The standard InChI is InChI=1S/C12H17BO2.C7H13Cl.3CH4/c1-11(2)12(3,4)15-13(14-11)10-8-6-5-7-9-10;8-7-5-3-1-2-4-6-7;;;/h5-9H,1-4H3;7H,1-6H2;3*1H4. The fraction of sp³-hybridized carbons (Fsp3) is 0.727. The third-order valence-electron chi connectivity index (χ3n) is 5.11. The van der Waals surface area contributed by atoms with E-state index in [2.05, 4.69) is 27.7 Å². The van der Waals surface area contributed by atoms with Gasteiger partial charge in [-0.25, -0.2) is 0 Å². The van der Waals surface area contributed by atoms with Gasteiger partial charge < -0.3 is 9.31 Å². The molecule has 26 heavy (non-hydrogen) atoms. The Morgan fingerprint density at radius 1 is 0.808 bits per heavy atom. The predicted octanol–water partition coefficient (Wildman–Crippen LogP) is 6.84. The van der Waals surface area contributed by atoms with Crippen molar-refractivity contribution in [3.05, 3.63) is 30.3 Å². The summed E-state index contributed by atoms with van der Waals surface area (Å²) in [6.45, 7) is 8.26. The summed E-state index contributed by atoms with van der Waals surface area (Å²) in [5.41, 5.74) is 0.567. The van der Waals surface area contributed by atoms with Gasteiger partial charge in [0.25, 0.3) is 0 Å². The maximum atomic E-state index is 5.93. The van der Waals surface area contributed by atoms with Gasteiger partial charge in [0.15, 0.2) is 0 Å². The summed E-state index contributed by atoms with van der Waals surface area (Å²) in [6.07, 6.45) is 8.03. The molecule has 0 radical (unpaired) electrons. The topological polar surface area (TPSA) is 18.5 Å². The maximum Gasteiger partial charge on any atom is 0.494 e. The first-order valence-electron chi connectivity index (χ1n) is 8.86. The van der Waals surface area contributed by atoms with Crippen LogP contribution in [0.3, 0.4) is 0 Å². The predicted molar refractivity (Wildman–Crippen MR) is 120 cm³/mol. The van der Waals surface area contributed by atoms with E-state index in [1.165, 1.54) is 38.5 Å². The Morgan fingerprint density at radius 2 is 1.23 bits per heavy atom. The summed E-state index contributed by atoms with van der Waals surface area (Å²) in [7, 11) is -0.240. The van der Waals surface area contributed by atoms with Crippen molar-refractivity contribution in [2.24, 2.45) is 0 Å². The molecule has 0 bridgehead atoms. The largest absolute Gasteiger partial charge is 0.494 e. The Labute approximate surface area is 169 Å². The molecule has 2 nitrogen and oxygen atoms in total. The average molecular weight is 385 g/mol. The van der Waals surface area contributed by atoms with Crippen molar-refractivity contribution in [1.29, 1.82) is 0 Å². The van der Waals surface area contributed by atoms with E-state index in [4.69, 9.17) is 20.9 Å². The highest BCUT2D eigenvalue weighted by molar-refractivity contribution is 6.62. The van der Waals surface area contributed by atoms with Crippen molar-refractivity contribution in [2.75, 3.05) is 0 Å². The van der Waals surface area contributed by atoms with Gasteiger partial charge in [-0.3, -0.25) is 0 Å². The third-order valence-corrected chi connectivity index (χ3v) is 5.55. The lowest BCUT2D eigenvalue weighted by Crippen LogP contribution is -2.41. The van der Waals surface area contributed by atoms with Crippen LogP contribution in [-0.2, 0) is 9.31 Å². The second-order valence-electron chi connectivity index (χ2n) is 7.59. The highest BCUT2D eigenvalue weighted by Gasteiger charge is 2.51. The van der Waals surface area contributed by atoms with Gasteiger partial charge in [-0.1, -0.05) is 78.3 Å². The van der Waals surface area contributed by atoms with Crippen LogP contribution >= 0.6 is 11.6 Å². The lowest BCUT2D eigenvalue weighted by Gasteiger charge is -2.32. The van der Waals surface area contributed by atoms with Crippen molar-refractivity contribution < 1.29 is 9.31 Å². The number of benzene rings is 1. The molecule has 0 N–H and O–H groups in total. The minimum atomic E-state index is -0.256. The Kier molecular flexibility index (Phi) is 12.8. The summed E-state index contributed by atoms with van der Waals surface area (Å²) in [5.74, 6) is 0. The van der Waals surface area contributed by atoms with Crippen LogP contribution in [0.2, 0.25) is 0 Å². The lowest BCUT2D eigenvalue weighted by molar-refractivity contribution is 0.00578. The number of hydrogen-bond donors (Lipinski definition) is 0. The van der Waals surface area contributed by atoms with Crippen molar-refractivity contribution in [2.45, 2.75) is 105 Å². The number of rotatable bonds is 1. The highest BCUT2D eigenvalue weighted by atomic mass is 35.5. The van der Waals surface area contributed by atoms with Gasteiger partial charge in [-0.2, -0.15) is 0 Å². The van der Waals surface area contributed by atoms with Crippen LogP contribution in [0.4, 0.5) is 0 Å². The smallest absolute Gasteiger partial charge is 0.399 e. The van der Waals surface area contributed by atoms with Crippen molar-refractivity contribution in [3.63, 3.8) is 0 Å². The SMILES string of the molecule is C.C.C.CC1(C)OB(c2ccccc2)OC1(C)C.ClC1CCCCCC1. The van der Waals surface area contributed by atoms with E-state index in [1.54, 1.807) is 0 Å². The molecule has 1 aromatic rings. The highest BCUT2D eigenvalue weighted by Crippen LogP contribution is 2.36. The van der Waals surface area contributed by atoms with Crippen LogP contribution in [0.25, 0.3) is 0 Å². The zero-order valence-corrected chi connectivity index (χ0v) is 15.7. The zero-order valence-electron chi connectivity index (χ0n) is 15.0. The molecule has 0 amide bonds. The third kappa shape index (κ3) is 7.62. The molecule has 0 spiro atoms. The first-order chi connectivity index (χ1) is 10.8. The molecule has 1 aliphatic carbocycles. The van der Waals surface area contributed by atoms with E-state index < -0.39 is 0 Å². The monoisotopic (exact) mass is 384 g/mol. The number of hydrogen-bond acceptors (Lipinski definition) is 2. The Bertz CT molecular complexity index is 452. The van der Waals surface area contributed by atoms with Crippen molar-refractivity contribution >= 4 is 24.2 Å². The molecule has 152 valence electrons. The van der Waals surface area contributed by atoms with Crippen molar-refractivity contribution in [1.82, 2.24) is 0 Å². The quantitative estimate of drug-likeness (QED) is 0.299. The molecule has 0 aromatic heterocycles. The molecule has 2 aliphatic rings. The fourth-order valence-corrected chi connectivity index (χ4v) is 3.13. The average Bonchev–Trinajstić information content (AvgIpc) is 2.66. The Balaban J connectivity index is 0. The van der Waals surface area contributed by atoms with Crippen LogP contribution in [0, 0.1) is 0 Å². The van der Waals surface area contributed by atoms with Gasteiger partial charge >= 0.3 is 7.12 Å². The van der Waals surface area contributed by atoms with E-state index in [0.29, 0.717) is 5.38 Å². The van der Waals surface area contributed by atoms with E-state index in [1.807, 2.05) is 30.3 Å². The second-order valence-corrected chi connectivity index (χ2v) is 8.20. The van der Waals surface area contributed by atoms with Crippen LogP contribution in [0.15, 0.2) is 30.3 Å². The molecule has 1 aliphatic heterocycles. The minimum Gasteiger partial charge on any atom is -0.399 e. The zero-order chi connectivity index (χ0) is 16.9. The van der Waals surface area contributed by atoms with Gasteiger partial charge in [0.2, 0.25) is 0 Å². The molecule has 3 rings (SSSR count). The molecular formula is C22H42BClO2. The molecule has 1 aromatic carbocycles. The van der Waals surface area contributed by atoms with Gasteiger partial charge in [0, 0.05) is 5.38 Å². The molecule has 1 heterocycles. The number of alkyl halides is 1. The number of halogens is 1. The van der Waals surface area contributed by atoms with Crippen LogP contribution in [0.5, 0.6) is 0 Å².